The second kappa shape index (κ2) is 5.42. The van der Waals surface area contributed by atoms with Crippen LogP contribution < -0.4 is 11.1 Å². The zero-order valence-electron chi connectivity index (χ0n) is 10.0. The topological polar surface area (TPSA) is 54.2 Å². The Morgan fingerprint density at radius 2 is 2.47 bits per heavy atom. The highest BCUT2D eigenvalue weighted by atomic mass is 32.1. The summed E-state index contributed by atoms with van der Waals surface area (Å²) in [5, 5.41) is 3.39. The van der Waals surface area contributed by atoms with Gasteiger partial charge in [-0.2, -0.15) is 0 Å². The Bertz CT molecular complexity index is 390. The quantitative estimate of drug-likeness (QED) is 0.787. The highest BCUT2D eigenvalue weighted by Crippen LogP contribution is 2.15. The van der Waals surface area contributed by atoms with Crippen molar-refractivity contribution in [3.05, 3.63) is 24.0 Å². The minimum Gasteiger partial charge on any atom is -0.388 e. The minimum absolute atomic E-state index is 0.340. The number of hydrogen-bond donors (Lipinski definition) is 2. The number of pyridine rings is 1. The Balaban J connectivity index is 1.88. The molecule has 1 atom stereocenters. The summed E-state index contributed by atoms with van der Waals surface area (Å²) in [6.07, 6.45) is 4.34. The summed E-state index contributed by atoms with van der Waals surface area (Å²) < 4.78 is 0. The summed E-state index contributed by atoms with van der Waals surface area (Å²) in [6.45, 7) is 2.16. The number of anilines is 1. The second-order valence-electron chi connectivity index (χ2n) is 4.45. The fraction of sp³-hybridized carbons (Fsp3) is 0.500. The number of likely N-dealkylation sites (tertiary alicyclic amines) is 1. The molecule has 1 aromatic rings. The van der Waals surface area contributed by atoms with Crippen LogP contribution in [0.3, 0.4) is 0 Å². The molecule has 1 saturated heterocycles. The van der Waals surface area contributed by atoms with Gasteiger partial charge in [0.2, 0.25) is 0 Å². The standard InChI is InChI=1S/C12H18N4S/c1-16-6-2-3-10(16)8-14-9-4-5-11(12(13)17)15-7-9/h4-5,7,10,14H,2-3,6,8H2,1H3,(H2,13,17). The molecule has 0 amide bonds. The Kier molecular flexibility index (Phi) is 3.91. The molecule has 0 bridgehead atoms. The summed E-state index contributed by atoms with van der Waals surface area (Å²) in [7, 11) is 2.17. The molecule has 3 N–H and O–H groups in total. The zero-order chi connectivity index (χ0) is 12.3. The molecule has 1 aliphatic rings. The molecule has 0 aromatic carbocycles. The fourth-order valence-electron chi connectivity index (χ4n) is 2.12. The summed E-state index contributed by atoms with van der Waals surface area (Å²) in [5.74, 6) is 0. The first kappa shape index (κ1) is 12.3. The number of nitrogens with two attached hydrogens (primary N) is 1. The average molecular weight is 250 g/mol. The van der Waals surface area contributed by atoms with Gasteiger partial charge in [0.1, 0.15) is 4.99 Å². The fourth-order valence-corrected chi connectivity index (χ4v) is 2.24. The van der Waals surface area contributed by atoms with Gasteiger partial charge in [-0.05, 0) is 38.6 Å². The smallest absolute Gasteiger partial charge is 0.122 e. The maximum absolute atomic E-state index is 5.50. The van der Waals surface area contributed by atoms with Gasteiger partial charge in [0.15, 0.2) is 0 Å². The first-order valence-corrected chi connectivity index (χ1v) is 6.27. The van der Waals surface area contributed by atoms with E-state index >= 15 is 0 Å². The largest absolute Gasteiger partial charge is 0.388 e. The predicted molar refractivity (Wildman–Crippen MR) is 74.3 cm³/mol. The number of likely N-dealkylation sites (N-methyl/N-ethyl adjacent to an activating group) is 1. The molecule has 0 spiro atoms. The van der Waals surface area contributed by atoms with Crippen molar-refractivity contribution in [2.45, 2.75) is 18.9 Å². The van der Waals surface area contributed by atoms with Gasteiger partial charge < -0.3 is 16.0 Å². The first-order chi connectivity index (χ1) is 8.16. The van der Waals surface area contributed by atoms with Gasteiger partial charge >= 0.3 is 0 Å². The second-order valence-corrected chi connectivity index (χ2v) is 4.89. The Hall–Kier alpha value is -1.20. The van der Waals surface area contributed by atoms with Crippen LogP contribution in [0.25, 0.3) is 0 Å². The Morgan fingerprint density at radius 3 is 3.00 bits per heavy atom. The SMILES string of the molecule is CN1CCCC1CNc1ccc(C(N)=S)nc1. The van der Waals surface area contributed by atoms with E-state index in [9.17, 15) is 0 Å². The summed E-state index contributed by atoms with van der Waals surface area (Å²) >= 11 is 4.86. The first-order valence-electron chi connectivity index (χ1n) is 5.87. The van der Waals surface area contributed by atoms with E-state index in [-0.39, 0.29) is 0 Å². The van der Waals surface area contributed by atoms with Crippen LogP contribution in [0.5, 0.6) is 0 Å². The van der Waals surface area contributed by atoms with Crippen molar-refractivity contribution in [3.8, 4) is 0 Å². The number of thiocarbonyl (C=S) groups is 1. The van der Waals surface area contributed by atoms with E-state index in [1.807, 2.05) is 12.1 Å². The molecule has 2 heterocycles. The third kappa shape index (κ3) is 3.14. The molecule has 5 heteroatoms. The molecule has 1 aromatic heterocycles. The van der Waals surface area contributed by atoms with Gasteiger partial charge in [0, 0.05) is 12.6 Å². The summed E-state index contributed by atoms with van der Waals surface area (Å²) in [5.41, 5.74) is 7.19. The van der Waals surface area contributed by atoms with Crippen LogP contribution in [0.4, 0.5) is 5.69 Å². The highest BCUT2D eigenvalue weighted by Gasteiger charge is 2.20. The van der Waals surface area contributed by atoms with E-state index in [1.165, 1.54) is 19.4 Å². The van der Waals surface area contributed by atoms with Crippen LogP contribution >= 0.6 is 12.2 Å². The zero-order valence-corrected chi connectivity index (χ0v) is 10.8. The van der Waals surface area contributed by atoms with Crippen molar-refractivity contribution in [2.75, 3.05) is 25.5 Å². The molecular weight excluding hydrogens is 232 g/mol. The third-order valence-electron chi connectivity index (χ3n) is 3.23. The molecule has 92 valence electrons. The van der Waals surface area contributed by atoms with Crippen molar-refractivity contribution in [3.63, 3.8) is 0 Å². The van der Waals surface area contributed by atoms with Crippen LogP contribution in [0.2, 0.25) is 0 Å². The number of rotatable bonds is 4. The molecule has 1 fully saturated rings. The van der Waals surface area contributed by atoms with Crippen LogP contribution in [0, 0.1) is 0 Å². The van der Waals surface area contributed by atoms with E-state index in [1.54, 1.807) is 6.20 Å². The van der Waals surface area contributed by atoms with E-state index in [4.69, 9.17) is 18.0 Å². The van der Waals surface area contributed by atoms with Gasteiger partial charge in [0.25, 0.3) is 0 Å². The Labute approximate surface area is 107 Å². The average Bonchev–Trinajstić information content (AvgIpc) is 2.73. The maximum atomic E-state index is 5.50. The molecule has 1 unspecified atom stereocenters. The van der Waals surface area contributed by atoms with Crippen LogP contribution in [-0.2, 0) is 0 Å². The molecule has 1 aliphatic heterocycles. The van der Waals surface area contributed by atoms with Gasteiger partial charge in [0.05, 0.1) is 17.6 Å². The molecule has 2 rings (SSSR count). The van der Waals surface area contributed by atoms with Crippen LogP contribution in [-0.4, -0.2) is 41.1 Å². The highest BCUT2D eigenvalue weighted by molar-refractivity contribution is 7.80. The minimum atomic E-state index is 0.340. The van der Waals surface area contributed by atoms with Crippen molar-refractivity contribution in [1.29, 1.82) is 0 Å². The van der Waals surface area contributed by atoms with Crippen LogP contribution in [0.1, 0.15) is 18.5 Å². The molecule has 0 saturated carbocycles. The lowest BCUT2D eigenvalue weighted by Crippen LogP contribution is -2.31. The monoisotopic (exact) mass is 250 g/mol. The summed E-state index contributed by atoms with van der Waals surface area (Å²) in [4.78, 5) is 6.93. The lowest BCUT2D eigenvalue weighted by atomic mass is 10.2. The van der Waals surface area contributed by atoms with E-state index in [2.05, 4.69) is 22.2 Å². The van der Waals surface area contributed by atoms with Crippen molar-refractivity contribution in [1.82, 2.24) is 9.88 Å². The molecule has 4 nitrogen and oxygen atoms in total. The normalized spacial score (nSPS) is 20.4. The van der Waals surface area contributed by atoms with Gasteiger partial charge in [-0.3, -0.25) is 4.98 Å². The van der Waals surface area contributed by atoms with Gasteiger partial charge in [-0.1, -0.05) is 12.2 Å². The third-order valence-corrected chi connectivity index (χ3v) is 3.44. The van der Waals surface area contributed by atoms with Crippen molar-refractivity contribution < 1.29 is 0 Å². The van der Waals surface area contributed by atoms with E-state index in [0.717, 1.165) is 12.2 Å². The van der Waals surface area contributed by atoms with E-state index in [0.29, 0.717) is 16.7 Å². The molecular formula is C12H18N4S. The molecule has 0 radical (unpaired) electrons. The number of hydrogen-bond acceptors (Lipinski definition) is 4. The maximum Gasteiger partial charge on any atom is 0.122 e. The van der Waals surface area contributed by atoms with Crippen molar-refractivity contribution >= 4 is 22.9 Å². The number of nitrogens with one attached hydrogen (secondary N) is 1. The van der Waals surface area contributed by atoms with Gasteiger partial charge in [-0.15, -0.1) is 0 Å². The Morgan fingerprint density at radius 1 is 1.65 bits per heavy atom. The predicted octanol–water partition coefficient (Wildman–Crippen LogP) is 1.22. The van der Waals surface area contributed by atoms with Crippen molar-refractivity contribution in [2.24, 2.45) is 5.73 Å². The lowest BCUT2D eigenvalue weighted by Gasteiger charge is -2.20. The lowest BCUT2D eigenvalue weighted by molar-refractivity contribution is 0.322. The van der Waals surface area contributed by atoms with Gasteiger partial charge in [-0.25, -0.2) is 0 Å². The van der Waals surface area contributed by atoms with Crippen LogP contribution in [0.15, 0.2) is 18.3 Å². The number of aromatic nitrogens is 1. The number of nitrogens with zero attached hydrogens (tertiary/aromatic N) is 2. The summed E-state index contributed by atoms with van der Waals surface area (Å²) in [6, 6.07) is 4.45. The molecule has 0 aliphatic carbocycles. The molecule has 17 heavy (non-hydrogen) atoms. The van der Waals surface area contributed by atoms with E-state index < -0.39 is 0 Å².